The lowest BCUT2D eigenvalue weighted by atomic mass is 9.86. The molecule has 236 valence electrons. The van der Waals surface area contributed by atoms with Crippen LogP contribution in [-0.2, 0) is 16.6 Å². The van der Waals surface area contributed by atoms with Gasteiger partial charge in [0.2, 0.25) is 0 Å². The molecule has 0 spiro atoms. The van der Waals surface area contributed by atoms with Crippen molar-refractivity contribution in [3.63, 3.8) is 0 Å². The van der Waals surface area contributed by atoms with E-state index < -0.39 is 12.0 Å². The highest BCUT2D eigenvalue weighted by molar-refractivity contribution is 5.96. The second-order valence-corrected chi connectivity index (χ2v) is 12.8. The van der Waals surface area contributed by atoms with E-state index >= 15 is 0 Å². The molecule has 1 fully saturated rings. The third-order valence-corrected chi connectivity index (χ3v) is 8.36. The van der Waals surface area contributed by atoms with Gasteiger partial charge < -0.3 is 25.0 Å². The van der Waals surface area contributed by atoms with Crippen LogP contribution in [0.25, 0.3) is 0 Å². The van der Waals surface area contributed by atoms with E-state index in [0.717, 1.165) is 61.8 Å². The van der Waals surface area contributed by atoms with Gasteiger partial charge in [0.05, 0.1) is 6.61 Å². The predicted molar refractivity (Wildman–Crippen MR) is 179 cm³/mol. The van der Waals surface area contributed by atoms with Crippen molar-refractivity contribution in [2.75, 3.05) is 42.6 Å². The smallest absolute Gasteiger partial charge is 0.326 e. The van der Waals surface area contributed by atoms with Crippen molar-refractivity contribution < 1.29 is 19.4 Å². The fourth-order valence-electron chi connectivity index (χ4n) is 5.51. The Morgan fingerprint density at radius 1 is 0.795 bits per heavy atom. The minimum absolute atomic E-state index is 0.0208. The van der Waals surface area contributed by atoms with Gasteiger partial charge >= 0.3 is 5.97 Å². The summed E-state index contributed by atoms with van der Waals surface area (Å²) in [6, 6.07) is 22.8. The molecule has 1 heterocycles. The minimum atomic E-state index is -1.05. The zero-order valence-corrected chi connectivity index (χ0v) is 26.9. The molecule has 7 nitrogen and oxygen atoms in total. The summed E-state index contributed by atoms with van der Waals surface area (Å²) in [6.45, 7) is 13.0. The number of piperazine rings is 1. The minimum Gasteiger partial charge on any atom is -0.494 e. The SMILES string of the molecule is CCCCCCCOc1ccc(N2CCN(c3ccc(C[C@H](NC(=O)c4ccc(C(C)(C)C)cc4)C(=O)O)cc3)CC2)cc1. The first-order valence-electron chi connectivity index (χ1n) is 16.1. The molecule has 1 aliphatic heterocycles. The number of carboxylic acid groups (broad SMARTS) is 1. The van der Waals surface area contributed by atoms with Crippen LogP contribution in [0.2, 0.25) is 0 Å². The number of unbranched alkanes of at least 4 members (excludes halogenated alkanes) is 4. The number of aliphatic carboxylic acids is 1. The van der Waals surface area contributed by atoms with Gasteiger partial charge in [0, 0.05) is 49.5 Å². The Hall–Kier alpha value is -4.00. The Balaban J connectivity index is 1.24. The van der Waals surface area contributed by atoms with E-state index in [1.807, 2.05) is 36.4 Å². The molecule has 0 bridgehead atoms. The van der Waals surface area contributed by atoms with Gasteiger partial charge in [-0.2, -0.15) is 0 Å². The van der Waals surface area contributed by atoms with Gasteiger partial charge in [0.15, 0.2) is 0 Å². The largest absolute Gasteiger partial charge is 0.494 e. The van der Waals surface area contributed by atoms with E-state index in [1.54, 1.807) is 12.1 Å². The molecule has 1 saturated heterocycles. The number of hydrogen-bond acceptors (Lipinski definition) is 5. The number of nitrogens with zero attached hydrogens (tertiary/aromatic N) is 2. The molecule has 0 aliphatic carbocycles. The van der Waals surface area contributed by atoms with Gasteiger partial charge in [-0.1, -0.05) is 77.6 Å². The molecule has 1 aliphatic rings. The normalized spacial score (nSPS) is 14.3. The molecule has 3 aromatic rings. The maximum atomic E-state index is 12.8. The Morgan fingerprint density at radius 2 is 1.34 bits per heavy atom. The Kier molecular flexibility index (Phi) is 11.7. The molecule has 7 heteroatoms. The van der Waals surface area contributed by atoms with Crippen LogP contribution in [0.5, 0.6) is 5.75 Å². The maximum Gasteiger partial charge on any atom is 0.326 e. The second kappa shape index (κ2) is 15.6. The van der Waals surface area contributed by atoms with Crippen LogP contribution in [0.4, 0.5) is 11.4 Å². The van der Waals surface area contributed by atoms with Crippen LogP contribution in [-0.4, -0.2) is 55.8 Å². The monoisotopic (exact) mass is 599 g/mol. The average Bonchev–Trinajstić information content (AvgIpc) is 3.03. The number of benzene rings is 3. The Labute approximate surface area is 263 Å². The summed E-state index contributed by atoms with van der Waals surface area (Å²) < 4.78 is 5.92. The molecule has 3 aromatic carbocycles. The molecule has 44 heavy (non-hydrogen) atoms. The molecule has 0 radical (unpaired) electrons. The third kappa shape index (κ3) is 9.50. The first-order chi connectivity index (χ1) is 21.1. The summed E-state index contributed by atoms with van der Waals surface area (Å²) in [5.74, 6) is -0.499. The highest BCUT2D eigenvalue weighted by atomic mass is 16.5. The van der Waals surface area contributed by atoms with E-state index in [-0.39, 0.29) is 17.7 Å². The molecule has 1 amide bonds. The molecule has 0 aromatic heterocycles. The van der Waals surface area contributed by atoms with E-state index in [2.05, 4.69) is 67.1 Å². The van der Waals surface area contributed by atoms with Crippen LogP contribution in [0.3, 0.4) is 0 Å². The van der Waals surface area contributed by atoms with Crippen LogP contribution in [0.1, 0.15) is 81.3 Å². The first-order valence-corrected chi connectivity index (χ1v) is 16.1. The summed E-state index contributed by atoms with van der Waals surface area (Å²) in [6.07, 6.45) is 6.40. The molecule has 1 atom stereocenters. The van der Waals surface area contributed by atoms with Crippen molar-refractivity contribution in [1.82, 2.24) is 5.32 Å². The van der Waals surface area contributed by atoms with Crippen molar-refractivity contribution in [3.8, 4) is 5.75 Å². The van der Waals surface area contributed by atoms with Crippen molar-refractivity contribution in [3.05, 3.63) is 89.5 Å². The number of hydrogen-bond donors (Lipinski definition) is 2. The number of rotatable bonds is 14. The Morgan fingerprint density at radius 3 is 1.86 bits per heavy atom. The van der Waals surface area contributed by atoms with Crippen LogP contribution < -0.4 is 19.9 Å². The fourth-order valence-corrected chi connectivity index (χ4v) is 5.51. The molecular weight excluding hydrogens is 550 g/mol. The molecule has 4 rings (SSSR count). The molecular formula is C37H49N3O4. The lowest BCUT2D eigenvalue weighted by molar-refractivity contribution is -0.139. The van der Waals surface area contributed by atoms with Gasteiger partial charge in [-0.15, -0.1) is 0 Å². The third-order valence-electron chi connectivity index (χ3n) is 8.36. The number of carboxylic acids is 1. The van der Waals surface area contributed by atoms with Gasteiger partial charge in [-0.25, -0.2) is 4.79 Å². The standard InChI is InChI=1S/C37H49N3O4/c1-5-6-7-8-9-26-44-33-20-18-32(19-21-33)40-24-22-39(23-25-40)31-16-10-28(11-17-31)27-34(36(42)43)38-35(41)29-12-14-30(15-13-29)37(2,3)4/h10-21,34H,5-9,22-27H2,1-4H3,(H,38,41)(H,42,43)/t34-/m0/s1. The van der Waals surface area contributed by atoms with Crippen molar-refractivity contribution in [2.45, 2.75) is 77.7 Å². The molecule has 2 N–H and O–H groups in total. The number of anilines is 2. The quantitative estimate of drug-likeness (QED) is 0.193. The zero-order valence-electron chi connectivity index (χ0n) is 26.9. The summed E-state index contributed by atoms with van der Waals surface area (Å²) in [4.78, 5) is 29.6. The predicted octanol–water partition coefficient (Wildman–Crippen LogP) is 7.09. The molecule has 0 saturated carbocycles. The van der Waals surface area contributed by atoms with Crippen LogP contribution >= 0.6 is 0 Å². The number of ether oxygens (including phenoxy) is 1. The lowest BCUT2D eigenvalue weighted by Gasteiger charge is -2.37. The van der Waals surface area contributed by atoms with Crippen LogP contribution in [0, 0.1) is 0 Å². The number of nitrogens with one attached hydrogen (secondary N) is 1. The lowest BCUT2D eigenvalue weighted by Crippen LogP contribution is -2.46. The number of carbonyl (C=O) groups is 2. The van der Waals surface area contributed by atoms with E-state index in [1.165, 1.54) is 31.4 Å². The molecule has 0 unspecified atom stereocenters. The number of amides is 1. The Bertz CT molecular complexity index is 1320. The average molecular weight is 600 g/mol. The van der Waals surface area contributed by atoms with Gasteiger partial charge in [-0.05, 0) is 71.5 Å². The van der Waals surface area contributed by atoms with E-state index in [0.29, 0.717) is 5.56 Å². The maximum absolute atomic E-state index is 12.8. The van der Waals surface area contributed by atoms with E-state index in [9.17, 15) is 14.7 Å². The summed E-state index contributed by atoms with van der Waals surface area (Å²) in [5, 5.41) is 12.5. The van der Waals surface area contributed by atoms with Gasteiger partial charge in [-0.3, -0.25) is 4.79 Å². The fraction of sp³-hybridized carbons (Fsp3) is 0.459. The second-order valence-electron chi connectivity index (χ2n) is 12.8. The summed E-state index contributed by atoms with van der Waals surface area (Å²) in [7, 11) is 0. The zero-order chi connectivity index (χ0) is 31.5. The summed E-state index contributed by atoms with van der Waals surface area (Å²) >= 11 is 0. The van der Waals surface area contributed by atoms with Crippen molar-refractivity contribution in [2.24, 2.45) is 0 Å². The van der Waals surface area contributed by atoms with Gasteiger partial charge in [0.25, 0.3) is 5.91 Å². The first kappa shape index (κ1) is 32.9. The number of carbonyl (C=O) groups excluding carboxylic acids is 1. The highest BCUT2D eigenvalue weighted by Gasteiger charge is 2.23. The summed E-state index contributed by atoms with van der Waals surface area (Å²) in [5.41, 5.74) is 4.75. The topological polar surface area (TPSA) is 82.1 Å². The van der Waals surface area contributed by atoms with Crippen molar-refractivity contribution >= 4 is 23.3 Å². The highest BCUT2D eigenvalue weighted by Crippen LogP contribution is 2.25. The van der Waals surface area contributed by atoms with Crippen LogP contribution in [0.15, 0.2) is 72.8 Å². The van der Waals surface area contributed by atoms with Crippen molar-refractivity contribution in [1.29, 1.82) is 0 Å². The van der Waals surface area contributed by atoms with Gasteiger partial charge in [0.1, 0.15) is 11.8 Å². The van der Waals surface area contributed by atoms with E-state index in [4.69, 9.17) is 4.74 Å².